The molecule has 5 heteroatoms. The van der Waals surface area contributed by atoms with Crippen molar-refractivity contribution in [1.82, 2.24) is 15.3 Å². The molecular formula is C9H9N3O2. The van der Waals surface area contributed by atoms with Gasteiger partial charge in [-0.1, -0.05) is 0 Å². The second-order valence-corrected chi connectivity index (χ2v) is 2.92. The molecule has 0 aliphatic rings. The Balaban J connectivity index is 2.22. The molecule has 0 saturated heterocycles. The second-order valence-electron chi connectivity index (χ2n) is 2.92. The number of hydrogen-bond acceptors (Lipinski definition) is 2. The monoisotopic (exact) mass is 191 g/mol. The quantitative estimate of drug-likeness (QED) is 0.670. The molecule has 2 heterocycles. The molecule has 0 radical (unpaired) electrons. The van der Waals surface area contributed by atoms with Gasteiger partial charge in [-0.2, -0.15) is 0 Å². The van der Waals surface area contributed by atoms with Crippen LogP contribution in [0.25, 0.3) is 10.9 Å². The number of amides is 1. The van der Waals surface area contributed by atoms with Crippen molar-refractivity contribution in [2.24, 2.45) is 0 Å². The van der Waals surface area contributed by atoms with Crippen molar-refractivity contribution in [2.75, 3.05) is 0 Å². The minimum atomic E-state index is -1.03. The van der Waals surface area contributed by atoms with Crippen LogP contribution in [-0.2, 0) is 6.54 Å². The SMILES string of the molecule is O=C(O)NCc1cc2cnccc2[nH]1. The van der Waals surface area contributed by atoms with E-state index in [1.54, 1.807) is 12.4 Å². The van der Waals surface area contributed by atoms with Crippen molar-refractivity contribution in [3.05, 3.63) is 30.2 Å². The number of nitrogens with zero attached hydrogens (tertiary/aromatic N) is 1. The first kappa shape index (κ1) is 8.55. The van der Waals surface area contributed by atoms with Crippen LogP contribution in [0.3, 0.4) is 0 Å². The van der Waals surface area contributed by atoms with Gasteiger partial charge in [0.1, 0.15) is 0 Å². The third-order valence-electron chi connectivity index (χ3n) is 1.91. The van der Waals surface area contributed by atoms with Gasteiger partial charge in [0.2, 0.25) is 0 Å². The molecule has 2 aromatic rings. The Morgan fingerprint density at radius 2 is 2.50 bits per heavy atom. The number of H-pyrrole nitrogens is 1. The summed E-state index contributed by atoms with van der Waals surface area (Å²) in [6, 6.07) is 3.72. The van der Waals surface area contributed by atoms with Crippen LogP contribution in [-0.4, -0.2) is 21.2 Å². The summed E-state index contributed by atoms with van der Waals surface area (Å²) < 4.78 is 0. The van der Waals surface area contributed by atoms with Gasteiger partial charge in [-0.25, -0.2) is 4.79 Å². The van der Waals surface area contributed by atoms with Gasteiger partial charge in [0.25, 0.3) is 0 Å². The van der Waals surface area contributed by atoms with E-state index >= 15 is 0 Å². The van der Waals surface area contributed by atoms with E-state index in [1.807, 2.05) is 12.1 Å². The molecule has 0 unspecified atom stereocenters. The molecule has 0 aliphatic carbocycles. The highest BCUT2D eigenvalue weighted by molar-refractivity contribution is 5.79. The van der Waals surface area contributed by atoms with Crippen LogP contribution < -0.4 is 5.32 Å². The molecule has 5 nitrogen and oxygen atoms in total. The Morgan fingerprint density at radius 3 is 3.21 bits per heavy atom. The molecule has 0 aromatic carbocycles. The highest BCUT2D eigenvalue weighted by atomic mass is 16.4. The topological polar surface area (TPSA) is 78.0 Å². The number of carbonyl (C=O) groups is 1. The standard InChI is InChI=1S/C9H9N3O2/c13-9(14)11-5-7-3-6-4-10-2-1-8(6)12-7/h1-4,11-12H,5H2,(H,13,14). The molecule has 3 N–H and O–H groups in total. The smallest absolute Gasteiger partial charge is 0.404 e. The van der Waals surface area contributed by atoms with E-state index in [9.17, 15) is 4.79 Å². The van der Waals surface area contributed by atoms with E-state index in [2.05, 4.69) is 15.3 Å². The molecule has 0 fully saturated rings. The molecular weight excluding hydrogens is 182 g/mol. The lowest BCUT2D eigenvalue weighted by Crippen LogP contribution is -2.19. The number of pyridine rings is 1. The average Bonchev–Trinajstić information content (AvgIpc) is 2.57. The number of fused-ring (bicyclic) bond motifs is 1. The average molecular weight is 191 g/mol. The highest BCUT2D eigenvalue weighted by Crippen LogP contribution is 2.12. The molecule has 1 amide bonds. The molecule has 0 aliphatic heterocycles. The summed E-state index contributed by atoms with van der Waals surface area (Å²) in [7, 11) is 0. The zero-order valence-corrected chi connectivity index (χ0v) is 7.32. The zero-order chi connectivity index (χ0) is 9.97. The lowest BCUT2D eigenvalue weighted by atomic mass is 10.3. The molecule has 14 heavy (non-hydrogen) atoms. The minimum absolute atomic E-state index is 0.282. The summed E-state index contributed by atoms with van der Waals surface area (Å²) in [6.45, 7) is 0.282. The van der Waals surface area contributed by atoms with E-state index in [4.69, 9.17) is 5.11 Å². The van der Waals surface area contributed by atoms with Crippen molar-refractivity contribution < 1.29 is 9.90 Å². The second kappa shape index (κ2) is 3.37. The molecule has 0 atom stereocenters. The van der Waals surface area contributed by atoms with Crippen molar-refractivity contribution in [2.45, 2.75) is 6.54 Å². The first-order valence-corrected chi connectivity index (χ1v) is 4.14. The van der Waals surface area contributed by atoms with Crippen molar-refractivity contribution >= 4 is 17.0 Å². The Bertz CT molecular complexity index is 431. The summed E-state index contributed by atoms with van der Waals surface area (Å²) in [4.78, 5) is 17.3. The molecule has 0 spiro atoms. The summed E-state index contributed by atoms with van der Waals surface area (Å²) in [5, 5.41) is 11.7. The first-order chi connectivity index (χ1) is 6.75. The number of aromatic amines is 1. The van der Waals surface area contributed by atoms with Gasteiger partial charge in [0.05, 0.1) is 6.54 Å². The van der Waals surface area contributed by atoms with Crippen LogP contribution in [0.2, 0.25) is 0 Å². The first-order valence-electron chi connectivity index (χ1n) is 4.14. The summed E-state index contributed by atoms with van der Waals surface area (Å²) >= 11 is 0. The fourth-order valence-electron chi connectivity index (χ4n) is 1.30. The molecule has 72 valence electrons. The highest BCUT2D eigenvalue weighted by Gasteiger charge is 2.01. The Hall–Kier alpha value is -2.04. The third-order valence-corrected chi connectivity index (χ3v) is 1.91. The lowest BCUT2D eigenvalue weighted by Gasteiger charge is -1.95. The molecule has 0 bridgehead atoms. The van der Waals surface area contributed by atoms with E-state index in [0.29, 0.717) is 0 Å². The number of nitrogens with one attached hydrogen (secondary N) is 2. The number of rotatable bonds is 2. The maximum Gasteiger partial charge on any atom is 0.404 e. The summed E-state index contributed by atoms with van der Waals surface area (Å²) in [5.74, 6) is 0. The fourth-order valence-corrected chi connectivity index (χ4v) is 1.30. The Morgan fingerprint density at radius 1 is 1.64 bits per heavy atom. The van der Waals surface area contributed by atoms with E-state index < -0.39 is 6.09 Å². The number of carboxylic acid groups (broad SMARTS) is 1. The van der Waals surface area contributed by atoms with Crippen molar-refractivity contribution in [3.63, 3.8) is 0 Å². The normalized spacial score (nSPS) is 10.3. The zero-order valence-electron chi connectivity index (χ0n) is 7.32. The van der Waals surface area contributed by atoms with Crippen molar-refractivity contribution in [1.29, 1.82) is 0 Å². The molecule has 0 saturated carbocycles. The van der Waals surface area contributed by atoms with Crippen LogP contribution in [0.1, 0.15) is 5.69 Å². The predicted molar refractivity (Wildman–Crippen MR) is 51.0 cm³/mol. The van der Waals surface area contributed by atoms with Crippen LogP contribution >= 0.6 is 0 Å². The van der Waals surface area contributed by atoms with Crippen LogP contribution in [0.15, 0.2) is 24.5 Å². The Kier molecular flexibility index (Phi) is 2.06. The van der Waals surface area contributed by atoms with Gasteiger partial charge in [-0.15, -0.1) is 0 Å². The van der Waals surface area contributed by atoms with Gasteiger partial charge < -0.3 is 15.4 Å². The number of aromatic nitrogens is 2. The van der Waals surface area contributed by atoms with Crippen LogP contribution in [0.4, 0.5) is 4.79 Å². The van der Waals surface area contributed by atoms with Gasteiger partial charge >= 0.3 is 6.09 Å². The maximum absolute atomic E-state index is 10.3. The van der Waals surface area contributed by atoms with Gasteiger partial charge in [0.15, 0.2) is 0 Å². The third kappa shape index (κ3) is 1.66. The summed E-state index contributed by atoms with van der Waals surface area (Å²) in [6.07, 6.45) is 2.39. The van der Waals surface area contributed by atoms with Gasteiger partial charge in [0, 0.05) is 29.0 Å². The molecule has 2 aromatic heterocycles. The van der Waals surface area contributed by atoms with Gasteiger partial charge in [-0.3, -0.25) is 4.98 Å². The lowest BCUT2D eigenvalue weighted by molar-refractivity contribution is 0.194. The van der Waals surface area contributed by atoms with Crippen molar-refractivity contribution in [3.8, 4) is 0 Å². The van der Waals surface area contributed by atoms with E-state index in [1.165, 1.54) is 0 Å². The van der Waals surface area contributed by atoms with Gasteiger partial charge in [-0.05, 0) is 12.1 Å². The maximum atomic E-state index is 10.3. The van der Waals surface area contributed by atoms with Crippen LogP contribution in [0, 0.1) is 0 Å². The van der Waals surface area contributed by atoms with Crippen LogP contribution in [0.5, 0.6) is 0 Å². The molecule has 2 rings (SSSR count). The summed E-state index contributed by atoms with van der Waals surface area (Å²) in [5.41, 5.74) is 1.79. The van der Waals surface area contributed by atoms with E-state index in [0.717, 1.165) is 16.6 Å². The predicted octanol–water partition coefficient (Wildman–Crippen LogP) is 1.33. The van der Waals surface area contributed by atoms with E-state index in [-0.39, 0.29) is 6.54 Å². The fraction of sp³-hybridized carbons (Fsp3) is 0.111. The number of hydrogen-bond donors (Lipinski definition) is 3. The Labute approximate surface area is 79.8 Å². The largest absolute Gasteiger partial charge is 0.465 e. The minimum Gasteiger partial charge on any atom is -0.465 e.